The minimum atomic E-state index is -1.78. The average molecular weight is 609 g/mol. The number of phenolic OH excluding ortho intramolecular Hbond substituents is 2. The van der Waals surface area contributed by atoms with Gasteiger partial charge in [-0.05, 0) is 25.1 Å². The lowest BCUT2D eigenvalue weighted by molar-refractivity contribution is -0.318. The van der Waals surface area contributed by atoms with E-state index >= 15 is 0 Å². The van der Waals surface area contributed by atoms with Crippen LogP contribution >= 0.6 is 0 Å². The summed E-state index contributed by atoms with van der Waals surface area (Å²) in [7, 11) is 1.38. The summed E-state index contributed by atoms with van der Waals surface area (Å²) in [5.41, 5.74) is -0.381. The van der Waals surface area contributed by atoms with Gasteiger partial charge in [0.1, 0.15) is 71.0 Å². The first kappa shape index (κ1) is 30.9. The van der Waals surface area contributed by atoms with Crippen molar-refractivity contribution in [2.45, 2.75) is 68.3 Å². The Morgan fingerprint density at radius 2 is 1.49 bits per heavy atom. The van der Waals surface area contributed by atoms with Gasteiger partial charge < -0.3 is 69.0 Å². The first-order chi connectivity index (χ1) is 20.4. The van der Waals surface area contributed by atoms with Crippen molar-refractivity contribution in [2.75, 3.05) is 13.7 Å². The molecule has 0 amide bonds. The Morgan fingerprint density at radius 3 is 2.19 bits per heavy atom. The van der Waals surface area contributed by atoms with E-state index in [4.69, 9.17) is 28.1 Å². The second kappa shape index (κ2) is 12.2. The van der Waals surface area contributed by atoms with E-state index in [9.17, 15) is 45.6 Å². The number of ether oxygens (including phenoxy) is 5. The van der Waals surface area contributed by atoms with Gasteiger partial charge in [-0.2, -0.15) is 0 Å². The van der Waals surface area contributed by atoms with Crippen LogP contribution in [-0.4, -0.2) is 116 Å². The minimum absolute atomic E-state index is 0.0517. The normalized spacial score (nSPS) is 32.9. The molecule has 0 unspecified atom stereocenters. The third kappa shape index (κ3) is 5.99. The molecule has 0 spiro atoms. The molecule has 2 aromatic carbocycles. The van der Waals surface area contributed by atoms with Crippen molar-refractivity contribution < 1.29 is 69.0 Å². The fourth-order valence-corrected chi connectivity index (χ4v) is 4.92. The van der Waals surface area contributed by atoms with Crippen LogP contribution in [0.5, 0.6) is 23.0 Å². The van der Waals surface area contributed by atoms with Crippen molar-refractivity contribution in [1.82, 2.24) is 0 Å². The fraction of sp³-hybridized carbons (Fsp3) is 0.464. The molecule has 1 aromatic heterocycles. The average Bonchev–Trinajstić information content (AvgIpc) is 2.97. The molecule has 0 radical (unpaired) electrons. The maximum absolute atomic E-state index is 12.8. The molecule has 2 aliphatic heterocycles. The first-order valence-corrected chi connectivity index (χ1v) is 13.3. The third-order valence-corrected chi connectivity index (χ3v) is 7.40. The Bertz CT molecular complexity index is 1510. The Labute approximate surface area is 243 Å². The molecule has 234 valence electrons. The number of rotatable bonds is 7. The zero-order chi connectivity index (χ0) is 31.2. The monoisotopic (exact) mass is 608 g/mol. The molecule has 15 nitrogen and oxygen atoms in total. The van der Waals surface area contributed by atoms with Gasteiger partial charge in [0.2, 0.25) is 6.29 Å². The molecule has 15 heteroatoms. The molecule has 3 aromatic rings. The summed E-state index contributed by atoms with van der Waals surface area (Å²) in [5, 5.41) is 82.0. The van der Waals surface area contributed by atoms with Crippen molar-refractivity contribution in [3.05, 3.63) is 46.6 Å². The summed E-state index contributed by atoms with van der Waals surface area (Å²) in [6.45, 7) is 0.953. The minimum Gasteiger partial charge on any atom is -0.507 e. The highest BCUT2D eigenvalue weighted by molar-refractivity contribution is 5.86. The molecule has 0 bridgehead atoms. The number of aromatic hydroxyl groups is 2. The standard InChI is InChI=1S/C28H32O15/c1-10-21(32)23(34)25(36)27(40-10)39-9-19-22(33)24(35)26(37)28(43-19)41-12-6-14(30)20-15(31)8-17(42-18(20)7-12)11-3-4-16(38-2)13(29)5-11/h3-8,10,19,21-30,32-37H,9H2,1-2H3/t10-,19+,21-,22+,23+,24-,25-,26-,27-,28-/m0/s1. The van der Waals surface area contributed by atoms with E-state index in [1.165, 1.54) is 32.2 Å². The number of aliphatic hydroxyl groups excluding tert-OH is 6. The quantitative estimate of drug-likeness (QED) is 0.159. The van der Waals surface area contributed by atoms with Gasteiger partial charge in [0.15, 0.2) is 23.2 Å². The van der Waals surface area contributed by atoms with Crippen LogP contribution in [0.1, 0.15) is 6.92 Å². The molecular formula is C28H32O15. The molecule has 2 fully saturated rings. The van der Waals surface area contributed by atoms with Crippen molar-refractivity contribution in [3.8, 4) is 34.3 Å². The number of phenols is 2. The maximum Gasteiger partial charge on any atom is 0.229 e. The Hall–Kier alpha value is -3.51. The lowest BCUT2D eigenvalue weighted by Gasteiger charge is -2.42. The van der Waals surface area contributed by atoms with Gasteiger partial charge in [-0.25, -0.2) is 0 Å². The molecule has 3 heterocycles. The first-order valence-electron chi connectivity index (χ1n) is 13.3. The SMILES string of the molecule is COc1ccc(-c2cc(=O)c3c(O)cc(O[C@H]4O[C@H](CO[C@H]5O[C@@H](C)[C@H](O)[C@@H](O)[C@@H]5O)[C@@H](O)[C@H](O)[C@@H]4O)cc3o2)cc1O. The number of aliphatic hydroxyl groups is 6. The Balaban J connectivity index is 1.36. The van der Waals surface area contributed by atoms with Crippen LogP contribution in [0.25, 0.3) is 22.3 Å². The molecule has 5 rings (SSSR count). The number of hydrogen-bond donors (Lipinski definition) is 8. The van der Waals surface area contributed by atoms with Gasteiger partial charge in [-0.1, -0.05) is 0 Å². The van der Waals surface area contributed by atoms with E-state index in [1.807, 2.05) is 0 Å². The smallest absolute Gasteiger partial charge is 0.229 e. The van der Waals surface area contributed by atoms with E-state index in [-0.39, 0.29) is 34.0 Å². The summed E-state index contributed by atoms with van der Waals surface area (Å²) in [5.74, 6) is -0.605. The predicted octanol–water partition coefficient (Wildman–Crippen LogP) is -1.09. The molecule has 0 aliphatic carbocycles. The summed E-state index contributed by atoms with van der Waals surface area (Å²) in [6, 6.07) is 7.78. The number of hydrogen-bond acceptors (Lipinski definition) is 15. The summed E-state index contributed by atoms with van der Waals surface area (Å²) in [4.78, 5) is 12.8. The number of methoxy groups -OCH3 is 1. The van der Waals surface area contributed by atoms with Crippen LogP contribution in [0.2, 0.25) is 0 Å². The topological polar surface area (TPSA) is 238 Å². The van der Waals surface area contributed by atoms with Gasteiger partial charge in [-0.15, -0.1) is 0 Å². The van der Waals surface area contributed by atoms with Crippen molar-refractivity contribution in [1.29, 1.82) is 0 Å². The molecule has 10 atom stereocenters. The zero-order valence-electron chi connectivity index (χ0n) is 22.9. The number of benzene rings is 2. The summed E-state index contributed by atoms with van der Waals surface area (Å²) in [6.07, 6.45) is -15.0. The second-order valence-corrected chi connectivity index (χ2v) is 10.3. The number of fused-ring (bicyclic) bond motifs is 1. The van der Waals surface area contributed by atoms with Crippen LogP contribution in [0.4, 0.5) is 0 Å². The van der Waals surface area contributed by atoms with Crippen LogP contribution in [0.15, 0.2) is 45.6 Å². The largest absolute Gasteiger partial charge is 0.507 e. The molecule has 2 aliphatic rings. The fourth-order valence-electron chi connectivity index (χ4n) is 4.92. The van der Waals surface area contributed by atoms with E-state index in [0.29, 0.717) is 5.56 Å². The van der Waals surface area contributed by atoms with Crippen molar-refractivity contribution >= 4 is 11.0 Å². The van der Waals surface area contributed by atoms with Gasteiger partial charge in [0.25, 0.3) is 0 Å². The van der Waals surface area contributed by atoms with Crippen LogP contribution in [-0.2, 0) is 14.2 Å². The lowest BCUT2D eigenvalue weighted by Crippen LogP contribution is -2.61. The maximum atomic E-state index is 12.8. The Kier molecular flexibility index (Phi) is 8.80. The van der Waals surface area contributed by atoms with E-state index in [1.54, 1.807) is 6.07 Å². The second-order valence-electron chi connectivity index (χ2n) is 10.3. The van der Waals surface area contributed by atoms with Crippen LogP contribution < -0.4 is 14.9 Å². The third-order valence-electron chi connectivity index (χ3n) is 7.40. The lowest BCUT2D eigenvalue weighted by atomic mass is 9.98. The van der Waals surface area contributed by atoms with E-state index in [0.717, 1.165) is 12.1 Å². The van der Waals surface area contributed by atoms with Gasteiger partial charge in [0, 0.05) is 23.8 Å². The highest BCUT2D eigenvalue weighted by Crippen LogP contribution is 2.35. The molecular weight excluding hydrogens is 576 g/mol. The van der Waals surface area contributed by atoms with Crippen LogP contribution in [0.3, 0.4) is 0 Å². The van der Waals surface area contributed by atoms with E-state index < -0.39 is 79.2 Å². The zero-order valence-corrected chi connectivity index (χ0v) is 22.9. The van der Waals surface area contributed by atoms with Crippen molar-refractivity contribution in [3.63, 3.8) is 0 Å². The van der Waals surface area contributed by atoms with E-state index in [2.05, 4.69) is 0 Å². The van der Waals surface area contributed by atoms with Gasteiger partial charge in [0.05, 0.1) is 19.8 Å². The molecule has 0 saturated carbocycles. The highest BCUT2D eigenvalue weighted by atomic mass is 16.7. The van der Waals surface area contributed by atoms with Crippen molar-refractivity contribution in [2.24, 2.45) is 0 Å². The predicted molar refractivity (Wildman–Crippen MR) is 143 cm³/mol. The molecule has 2 saturated heterocycles. The summed E-state index contributed by atoms with van der Waals surface area (Å²) >= 11 is 0. The summed E-state index contributed by atoms with van der Waals surface area (Å²) < 4.78 is 32.9. The van der Waals surface area contributed by atoms with Gasteiger partial charge in [-0.3, -0.25) is 4.79 Å². The van der Waals surface area contributed by atoms with Gasteiger partial charge >= 0.3 is 0 Å². The molecule has 43 heavy (non-hydrogen) atoms. The van der Waals surface area contributed by atoms with Crippen LogP contribution in [0, 0.1) is 0 Å². The Morgan fingerprint density at radius 1 is 0.791 bits per heavy atom. The highest BCUT2D eigenvalue weighted by Gasteiger charge is 2.47. The molecule has 8 N–H and O–H groups in total.